The average molecular weight is 481 g/mol. The van der Waals surface area contributed by atoms with E-state index in [4.69, 9.17) is 9.47 Å². The number of benzene rings is 3. The number of rotatable bonds is 7. The van der Waals surface area contributed by atoms with Crippen molar-refractivity contribution in [3.05, 3.63) is 83.4 Å². The summed E-state index contributed by atoms with van der Waals surface area (Å²) >= 11 is 0. The second-order valence-electron chi connectivity index (χ2n) is 8.28. The third-order valence-corrected chi connectivity index (χ3v) is 7.13. The van der Waals surface area contributed by atoms with Crippen molar-refractivity contribution in [1.82, 2.24) is 4.90 Å². The van der Waals surface area contributed by atoms with Crippen LogP contribution >= 0.6 is 0 Å². The summed E-state index contributed by atoms with van der Waals surface area (Å²) in [5.41, 5.74) is 3.89. The molecule has 1 N–H and O–H groups in total. The molecule has 1 aliphatic rings. The lowest BCUT2D eigenvalue weighted by Gasteiger charge is -2.37. The van der Waals surface area contributed by atoms with Crippen LogP contribution in [0.2, 0.25) is 0 Å². The number of anilines is 1. The number of fused-ring (bicyclic) bond motifs is 1. The van der Waals surface area contributed by atoms with E-state index in [1.54, 1.807) is 26.4 Å². The molecule has 0 aromatic heterocycles. The van der Waals surface area contributed by atoms with Crippen molar-refractivity contribution in [3.63, 3.8) is 0 Å². The molecule has 1 atom stereocenters. The Bertz CT molecular complexity index is 1270. The molecule has 0 spiro atoms. The van der Waals surface area contributed by atoms with Crippen LogP contribution < -0.4 is 14.8 Å². The number of hydrogen-bond acceptors (Lipinski definition) is 6. The molecule has 0 aliphatic carbocycles. The smallest absolute Gasteiger partial charge is 0.238 e. The number of hydrogen-bond donors (Lipinski definition) is 1. The molecule has 1 heterocycles. The van der Waals surface area contributed by atoms with Crippen LogP contribution in [-0.4, -0.2) is 52.8 Å². The summed E-state index contributed by atoms with van der Waals surface area (Å²) in [6.45, 7) is 0.879. The number of nitrogens with zero attached hydrogens (tertiary/aromatic N) is 1. The van der Waals surface area contributed by atoms with Crippen LogP contribution in [0.25, 0.3) is 0 Å². The second kappa shape index (κ2) is 9.87. The molecule has 0 fully saturated rings. The zero-order valence-electron chi connectivity index (χ0n) is 19.4. The summed E-state index contributed by atoms with van der Waals surface area (Å²) in [6.07, 6.45) is 1.93. The molecule has 1 aliphatic heterocycles. The SMILES string of the molecule is COc1cc2c(cc1OC)[C@H](c1ccccc1)N(CC(=O)Nc1ccc(S(C)(=O)=O)cc1)CC2. The van der Waals surface area contributed by atoms with Crippen molar-refractivity contribution in [2.45, 2.75) is 17.4 Å². The van der Waals surface area contributed by atoms with E-state index in [0.717, 1.165) is 23.8 Å². The fourth-order valence-electron chi connectivity index (χ4n) is 4.36. The van der Waals surface area contributed by atoms with Crippen molar-refractivity contribution in [2.75, 3.05) is 38.9 Å². The second-order valence-corrected chi connectivity index (χ2v) is 10.3. The molecule has 1 amide bonds. The third-order valence-electron chi connectivity index (χ3n) is 6.00. The molecule has 8 heteroatoms. The number of carbonyl (C=O) groups excluding carboxylic acids is 1. The maximum atomic E-state index is 13.0. The summed E-state index contributed by atoms with van der Waals surface area (Å²) in [7, 11) is -0.0463. The number of amides is 1. The fraction of sp³-hybridized carbons (Fsp3) is 0.269. The van der Waals surface area contributed by atoms with Gasteiger partial charge in [0.05, 0.1) is 31.7 Å². The first kappa shape index (κ1) is 23.8. The number of carbonyl (C=O) groups is 1. The fourth-order valence-corrected chi connectivity index (χ4v) is 4.99. The van der Waals surface area contributed by atoms with E-state index in [9.17, 15) is 13.2 Å². The van der Waals surface area contributed by atoms with Gasteiger partial charge in [-0.25, -0.2) is 8.42 Å². The summed E-state index contributed by atoms with van der Waals surface area (Å²) < 4.78 is 34.4. The molecule has 0 saturated carbocycles. The monoisotopic (exact) mass is 480 g/mol. The Morgan fingerprint density at radius 2 is 1.65 bits per heavy atom. The van der Waals surface area contributed by atoms with E-state index >= 15 is 0 Å². The normalized spacial score (nSPS) is 15.9. The van der Waals surface area contributed by atoms with E-state index in [1.165, 1.54) is 17.7 Å². The predicted octanol–water partition coefficient (Wildman–Crippen LogP) is 3.69. The summed E-state index contributed by atoms with van der Waals surface area (Å²) in [6, 6.07) is 20.2. The van der Waals surface area contributed by atoms with E-state index in [1.807, 2.05) is 30.3 Å². The van der Waals surface area contributed by atoms with Gasteiger partial charge in [-0.15, -0.1) is 0 Å². The molecule has 0 saturated heterocycles. The third kappa shape index (κ3) is 5.08. The van der Waals surface area contributed by atoms with Crippen molar-refractivity contribution in [1.29, 1.82) is 0 Å². The quantitative estimate of drug-likeness (QED) is 0.555. The molecule has 4 rings (SSSR count). The molecule has 3 aromatic rings. The Hall–Kier alpha value is -3.36. The number of ether oxygens (including phenoxy) is 2. The molecule has 0 bridgehead atoms. The van der Waals surface area contributed by atoms with Crippen LogP contribution in [0.1, 0.15) is 22.7 Å². The number of sulfone groups is 1. The first-order chi connectivity index (χ1) is 16.3. The van der Waals surface area contributed by atoms with Crippen LogP contribution in [0, 0.1) is 0 Å². The molecule has 7 nitrogen and oxygen atoms in total. The number of nitrogens with one attached hydrogen (secondary N) is 1. The van der Waals surface area contributed by atoms with Gasteiger partial charge in [0.25, 0.3) is 0 Å². The largest absolute Gasteiger partial charge is 0.493 e. The Morgan fingerprint density at radius 3 is 2.26 bits per heavy atom. The highest BCUT2D eigenvalue weighted by Crippen LogP contribution is 2.40. The first-order valence-electron chi connectivity index (χ1n) is 10.9. The maximum absolute atomic E-state index is 13.0. The van der Waals surface area contributed by atoms with Gasteiger partial charge in [0.15, 0.2) is 21.3 Å². The highest BCUT2D eigenvalue weighted by atomic mass is 32.2. The molecule has 3 aromatic carbocycles. The van der Waals surface area contributed by atoms with E-state index in [0.29, 0.717) is 23.7 Å². The van der Waals surface area contributed by atoms with Crippen LogP contribution in [0.5, 0.6) is 11.5 Å². The van der Waals surface area contributed by atoms with Crippen molar-refractivity contribution < 1.29 is 22.7 Å². The van der Waals surface area contributed by atoms with Crippen LogP contribution in [0.15, 0.2) is 71.6 Å². The first-order valence-corrected chi connectivity index (χ1v) is 12.8. The molecule has 34 heavy (non-hydrogen) atoms. The van der Waals surface area contributed by atoms with Crippen LogP contribution in [0.4, 0.5) is 5.69 Å². The van der Waals surface area contributed by atoms with Gasteiger partial charge in [-0.2, -0.15) is 0 Å². The van der Waals surface area contributed by atoms with Crippen LogP contribution in [-0.2, 0) is 21.1 Å². The standard InChI is InChI=1S/C26H28N2O5S/c1-32-23-15-19-13-14-28(17-25(29)27-20-9-11-21(12-10-20)34(3,30)31)26(18-7-5-4-6-8-18)22(19)16-24(23)33-2/h4-12,15-16,26H,13-14,17H2,1-3H3,(H,27,29)/t26-/m0/s1. The van der Waals surface area contributed by atoms with Crippen LogP contribution in [0.3, 0.4) is 0 Å². The van der Waals surface area contributed by atoms with Gasteiger partial charge in [0.2, 0.25) is 5.91 Å². The van der Waals surface area contributed by atoms with E-state index in [-0.39, 0.29) is 23.4 Å². The van der Waals surface area contributed by atoms with Gasteiger partial charge in [0, 0.05) is 18.5 Å². The number of methoxy groups -OCH3 is 2. The topological polar surface area (TPSA) is 84.9 Å². The average Bonchev–Trinajstić information content (AvgIpc) is 2.83. The summed E-state index contributed by atoms with van der Waals surface area (Å²) in [4.78, 5) is 15.3. The maximum Gasteiger partial charge on any atom is 0.238 e. The van der Waals surface area contributed by atoms with Gasteiger partial charge in [-0.1, -0.05) is 30.3 Å². The minimum Gasteiger partial charge on any atom is -0.493 e. The lowest BCUT2D eigenvalue weighted by atomic mass is 9.87. The minimum atomic E-state index is -3.29. The van der Waals surface area contributed by atoms with Gasteiger partial charge < -0.3 is 14.8 Å². The molecule has 0 unspecified atom stereocenters. The van der Waals surface area contributed by atoms with Gasteiger partial charge in [-0.3, -0.25) is 9.69 Å². The Labute approximate surface area is 200 Å². The summed E-state index contributed by atoms with van der Waals surface area (Å²) in [5, 5.41) is 2.88. The van der Waals surface area contributed by atoms with E-state index in [2.05, 4.69) is 22.3 Å². The Balaban J connectivity index is 1.60. The van der Waals surface area contributed by atoms with Crippen molar-refractivity contribution in [3.8, 4) is 11.5 Å². The lowest BCUT2D eigenvalue weighted by molar-refractivity contribution is -0.117. The predicted molar refractivity (Wildman–Crippen MR) is 131 cm³/mol. The van der Waals surface area contributed by atoms with E-state index < -0.39 is 9.84 Å². The highest BCUT2D eigenvalue weighted by molar-refractivity contribution is 7.90. The zero-order valence-corrected chi connectivity index (χ0v) is 20.3. The Kier molecular flexibility index (Phi) is 6.90. The minimum absolute atomic E-state index is 0.122. The molecular weight excluding hydrogens is 452 g/mol. The van der Waals surface area contributed by atoms with Crippen molar-refractivity contribution >= 4 is 21.4 Å². The van der Waals surface area contributed by atoms with Gasteiger partial charge >= 0.3 is 0 Å². The van der Waals surface area contributed by atoms with Gasteiger partial charge in [-0.05, 0) is 59.5 Å². The Morgan fingerprint density at radius 1 is 1.00 bits per heavy atom. The summed E-state index contributed by atoms with van der Waals surface area (Å²) in [5.74, 6) is 1.17. The molecule has 0 radical (unpaired) electrons. The molecule has 178 valence electrons. The zero-order chi connectivity index (χ0) is 24.3. The lowest BCUT2D eigenvalue weighted by Crippen LogP contribution is -2.41. The highest BCUT2D eigenvalue weighted by Gasteiger charge is 2.31. The van der Waals surface area contributed by atoms with Crippen molar-refractivity contribution in [2.24, 2.45) is 0 Å². The molecular formula is C26H28N2O5S. The van der Waals surface area contributed by atoms with Gasteiger partial charge in [0.1, 0.15) is 0 Å².